The first kappa shape index (κ1) is 17.9. The average Bonchev–Trinajstić information content (AvgIpc) is 3.06. The number of allylic oxidation sites excluding steroid dienone is 1. The molecule has 132 valence electrons. The molecule has 2 N–H and O–H groups in total. The zero-order valence-corrected chi connectivity index (χ0v) is 15.3. The Morgan fingerprint density at radius 1 is 1.44 bits per heavy atom. The molecule has 0 spiro atoms. The fourth-order valence-corrected chi connectivity index (χ4v) is 4.28. The lowest BCUT2D eigenvalue weighted by Gasteiger charge is -2.40. The molecule has 1 aromatic rings. The van der Waals surface area contributed by atoms with Crippen LogP contribution < -0.4 is 5.73 Å². The first-order chi connectivity index (χ1) is 12.0. The van der Waals surface area contributed by atoms with E-state index in [9.17, 15) is 10.1 Å². The zero-order valence-electron chi connectivity index (χ0n) is 14.5. The highest BCUT2D eigenvalue weighted by Crippen LogP contribution is 2.46. The molecule has 1 saturated carbocycles. The van der Waals surface area contributed by atoms with Crippen LogP contribution in [0.3, 0.4) is 0 Å². The lowest BCUT2D eigenvalue weighted by molar-refractivity contribution is -0.124. The molecule has 1 aliphatic heterocycles. The highest BCUT2D eigenvalue weighted by atomic mass is 32.1. The van der Waals surface area contributed by atoms with E-state index in [0.717, 1.165) is 17.8 Å². The van der Waals surface area contributed by atoms with Gasteiger partial charge < -0.3 is 10.5 Å². The van der Waals surface area contributed by atoms with Gasteiger partial charge in [-0.05, 0) is 11.8 Å². The molecule has 3 rings (SSSR count). The largest absolute Gasteiger partial charge is 0.374 e. The molecule has 2 heterocycles. The van der Waals surface area contributed by atoms with Gasteiger partial charge in [-0.3, -0.25) is 9.79 Å². The Morgan fingerprint density at radius 3 is 2.88 bits per heavy atom. The van der Waals surface area contributed by atoms with Crippen molar-refractivity contribution in [1.29, 1.82) is 5.26 Å². The summed E-state index contributed by atoms with van der Waals surface area (Å²) >= 11 is 1.47. The van der Waals surface area contributed by atoms with Crippen LogP contribution in [-0.4, -0.2) is 36.2 Å². The molecule has 0 radical (unpaired) electrons. The molecule has 0 amide bonds. The van der Waals surface area contributed by atoms with Gasteiger partial charge >= 0.3 is 0 Å². The third-order valence-electron chi connectivity index (χ3n) is 4.64. The summed E-state index contributed by atoms with van der Waals surface area (Å²) in [5.41, 5.74) is 9.81. The first-order valence-electron chi connectivity index (χ1n) is 8.36. The number of carbonyl (C=O) groups is 1. The van der Waals surface area contributed by atoms with Crippen LogP contribution in [0.25, 0.3) is 0 Å². The monoisotopic (exact) mass is 358 g/mol. The van der Waals surface area contributed by atoms with E-state index in [1.807, 2.05) is 5.38 Å². The number of ketones is 1. The SMILES string of the molecule is CC1(C)CC(=O)C2C(=NC(COCCN)=C(C#N)C2c2cscn2)C1. The van der Waals surface area contributed by atoms with Gasteiger partial charge in [0.2, 0.25) is 0 Å². The normalized spacial score (nSPS) is 25.4. The number of carbonyl (C=O) groups excluding carboxylic acids is 1. The Kier molecular flexibility index (Phi) is 5.13. The number of rotatable bonds is 5. The number of nitrogens with zero attached hydrogens (tertiary/aromatic N) is 3. The quantitative estimate of drug-likeness (QED) is 0.815. The standard InChI is InChI=1S/C18H22N4O2S/c1-18(2)5-12-17(15(23)6-18)16(14-9-25-10-21-14)11(7-20)13(22-12)8-24-4-3-19/h9-10,16-17H,3-6,8,19H2,1-2H3. The van der Waals surface area contributed by atoms with Crippen molar-refractivity contribution < 1.29 is 9.53 Å². The molecule has 0 bridgehead atoms. The van der Waals surface area contributed by atoms with Crippen LogP contribution in [0, 0.1) is 22.7 Å². The molecule has 2 atom stereocenters. The third-order valence-corrected chi connectivity index (χ3v) is 5.25. The number of aliphatic imine (C=N–C) groups is 1. The number of hydrogen-bond donors (Lipinski definition) is 1. The predicted molar refractivity (Wildman–Crippen MR) is 96.3 cm³/mol. The molecule has 25 heavy (non-hydrogen) atoms. The van der Waals surface area contributed by atoms with Crippen molar-refractivity contribution in [2.24, 2.45) is 22.1 Å². The summed E-state index contributed by atoms with van der Waals surface area (Å²) in [5.74, 6) is -0.602. The second-order valence-corrected chi connectivity index (χ2v) is 7.99. The van der Waals surface area contributed by atoms with Crippen molar-refractivity contribution >= 4 is 22.8 Å². The van der Waals surface area contributed by atoms with Crippen LogP contribution >= 0.6 is 11.3 Å². The molecule has 6 nitrogen and oxygen atoms in total. The average molecular weight is 358 g/mol. The molecule has 1 fully saturated rings. The first-order valence-corrected chi connectivity index (χ1v) is 9.30. The summed E-state index contributed by atoms with van der Waals surface area (Å²) < 4.78 is 5.53. The van der Waals surface area contributed by atoms with Crippen LogP contribution in [-0.2, 0) is 9.53 Å². The fourth-order valence-electron chi connectivity index (χ4n) is 3.69. The highest BCUT2D eigenvalue weighted by molar-refractivity contribution is 7.07. The summed E-state index contributed by atoms with van der Waals surface area (Å²) in [4.78, 5) is 22.0. The molecule has 0 saturated heterocycles. The number of fused-ring (bicyclic) bond motifs is 1. The lowest BCUT2D eigenvalue weighted by Crippen LogP contribution is -2.43. The predicted octanol–water partition coefficient (Wildman–Crippen LogP) is 2.44. The van der Waals surface area contributed by atoms with E-state index in [1.54, 1.807) is 5.51 Å². The van der Waals surface area contributed by atoms with Gasteiger partial charge in [0.1, 0.15) is 5.78 Å². The van der Waals surface area contributed by atoms with Crippen molar-refractivity contribution in [3.8, 4) is 6.07 Å². The van der Waals surface area contributed by atoms with Crippen molar-refractivity contribution in [1.82, 2.24) is 4.98 Å². The number of nitrogens with two attached hydrogens (primary N) is 1. The van der Waals surface area contributed by atoms with Crippen LogP contribution in [0.2, 0.25) is 0 Å². The number of thiazole rings is 1. The van der Waals surface area contributed by atoms with Gasteiger partial charge in [-0.1, -0.05) is 13.8 Å². The minimum atomic E-state index is -0.386. The maximum Gasteiger partial charge on any atom is 0.143 e. The third kappa shape index (κ3) is 3.56. The van der Waals surface area contributed by atoms with Crippen LogP contribution in [0.5, 0.6) is 0 Å². The molecule has 2 aliphatic rings. The van der Waals surface area contributed by atoms with Crippen LogP contribution in [0.4, 0.5) is 0 Å². The number of nitriles is 1. The second-order valence-electron chi connectivity index (χ2n) is 7.27. The highest BCUT2D eigenvalue weighted by Gasteiger charge is 2.47. The topological polar surface area (TPSA) is 101 Å². The number of hydrogen-bond acceptors (Lipinski definition) is 7. The van der Waals surface area contributed by atoms with E-state index in [2.05, 4.69) is 24.9 Å². The van der Waals surface area contributed by atoms with Crippen molar-refractivity contribution in [2.75, 3.05) is 19.8 Å². The molecular weight excluding hydrogens is 336 g/mol. The van der Waals surface area contributed by atoms with Gasteiger partial charge in [0.05, 0.1) is 53.6 Å². The Bertz CT molecular complexity index is 759. The van der Waals surface area contributed by atoms with Gasteiger partial charge in [-0.2, -0.15) is 5.26 Å². The number of Topliss-reactive ketones (excluding diaryl/α,β-unsaturated/α-hetero) is 1. The second kappa shape index (κ2) is 7.16. The van der Waals surface area contributed by atoms with Gasteiger partial charge in [0, 0.05) is 24.1 Å². The maximum absolute atomic E-state index is 12.9. The molecule has 0 aromatic carbocycles. The van der Waals surface area contributed by atoms with E-state index >= 15 is 0 Å². The minimum absolute atomic E-state index is 0.119. The van der Waals surface area contributed by atoms with E-state index in [4.69, 9.17) is 15.5 Å². The van der Waals surface area contributed by atoms with E-state index in [-0.39, 0.29) is 29.6 Å². The van der Waals surface area contributed by atoms with Crippen molar-refractivity contribution in [3.05, 3.63) is 27.9 Å². The summed E-state index contributed by atoms with van der Waals surface area (Å²) in [5, 5.41) is 11.7. The summed E-state index contributed by atoms with van der Waals surface area (Å²) in [6.45, 7) is 5.20. The van der Waals surface area contributed by atoms with Gasteiger partial charge in [0.15, 0.2) is 0 Å². The van der Waals surface area contributed by atoms with Crippen LogP contribution in [0.1, 0.15) is 38.3 Å². The molecule has 1 aromatic heterocycles. The van der Waals surface area contributed by atoms with E-state index < -0.39 is 0 Å². The van der Waals surface area contributed by atoms with Crippen molar-refractivity contribution in [3.63, 3.8) is 0 Å². The Balaban J connectivity index is 2.06. The number of ether oxygens (including phenoxy) is 1. The number of aromatic nitrogens is 1. The molecule has 2 unspecified atom stereocenters. The van der Waals surface area contributed by atoms with E-state index in [1.165, 1.54) is 11.3 Å². The van der Waals surface area contributed by atoms with Crippen molar-refractivity contribution in [2.45, 2.75) is 32.6 Å². The summed E-state index contributed by atoms with van der Waals surface area (Å²) in [7, 11) is 0. The zero-order chi connectivity index (χ0) is 18.0. The van der Waals surface area contributed by atoms with Crippen LogP contribution in [0.15, 0.2) is 27.2 Å². The Morgan fingerprint density at radius 2 is 2.24 bits per heavy atom. The fraction of sp³-hybridized carbons (Fsp3) is 0.556. The maximum atomic E-state index is 12.9. The lowest BCUT2D eigenvalue weighted by atomic mass is 9.64. The van der Waals surface area contributed by atoms with Gasteiger partial charge in [0.25, 0.3) is 0 Å². The van der Waals surface area contributed by atoms with E-state index in [0.29, 0.717) is 30.8 Å². The molecule has 1 aliphatic carbocycles. The van der Waals surface area contributed by atoms with Gasteiger partial charge in [-0.15, -0.1) is 11.3 Å². The molecule has 7 heteroatoms. The minimum Gasteiger partial charge on any atom is -0.374 e. The summed E-state index contributed by atoms with van der Waals surface area (Å²) in [6, 6.07) is 2.27. The Hall–Kier alpha value is -1.88. The summed E-state index contributed by atoms with van der Waals surface area (Å²) in [6.07, 6.45) is 1.23. The van der Waals surface area contributed by atoms with Gasteiger partial charge in [-0.25, -0.2) is 4.98 Å². The smallest absolute Gasteiger partial charge is 0.143 e. The molecular formula is C18H22N4O2S. The Labute approximate surface area is 151 Å².